The van der Waals surface area contributed by atoms with Gasteiger partial charge in [-0.15, -0.1) is 11.3 Å². The standard InChI is InChI=1S/C21H17N3OS/c22-14-16-9-7-15(8-10-16)11-12-20(25)24-13-3-5-18(24)21-23-17-4-1-2-6-19(17)26-21/h1-2,4,6-12,18H,3,5,13H2/b12-11+/t18-/m1/s1. The van der Waals surface area contributed by atoms with Crippen molar-refractivity contribution in [2.45, 2.75) is 18.9 Å². The molecule has 1 fully saturated rings. The molecule has 5 heteroatoms. The molecule has 3 aromatic rings. The van der Waals surface area contributed by atoms with Crippen molar-refractivity contribution in [1.82, 2.24) is 9.88 Å². The van der Waals surface area contributed by atoms with Crippen LogP contribution in [0.3, 0.4) is 0 Å². The third-order valence-corrected chi connectivity index (χ3v) is 5.73. The molecule has 0 bridgehead atoms. The van der Waals surface area contributed by atoms with E-state index in [0.717, 1.165) is 40.2 Å². The summed E-state index contributed by atoms with van der Waals surface area (Å²) in [7, 11) is 0. The minimum atomic E-state index is 0.0103. The molecular formula is C21H17N3OS. The average molecular weight is 359 g/mol. The van der Waals surface area contributed by atoms with E-state index in [9.17, 15) is 4.79 Å². The van der Waals surface area contributed by atoms with Gasteiger partial charge in [-0.1, -0.05) is 24.3 Å². The van der Waals surface area contributed by atoms with E-state index in [-0.39, 0.29) is 11.9 Å². The number of hydrogen-bond acceptors (Lipinski definition) is 4. The van der Waals surface area contributed by atoms with Crippen LogP contribution in [0.4, 0.5) is 0 Å². The molecule has 0 saturated carbocycles. The molecule has 1 aliphatic rings. The van der Waals surface area contributed by atoms with Gasteiger partial charge in [-0.25, -0.2) is 4.98 Å². The number of nitriles is 1. The van der Waals surface area contributed by atoms with E-state index < -0.39 is 0 Å². The van der Waals surface area contributed by atoms with Crippen LogP contribution in [0.15, 0.2) is 54.6 Å². The molecule has 0 radical (unpaired) electrons. The number of nitrogens with zero attached hydrogens (tertiary/aromatic N) is 3. The number of rotatable bonds is 3. The number of thiazole rings is 1. The lowest BCUT2D eigenvalue weighted by atomic mass is 10.1. The van der Waals surface area contributed by atoms with Crippen molar-refractivity contribution in [3.05, 3.63) is 70.7 Å². The molecule has 1 aromatic heterocycles. The maximum atomic E-state index is 12.7. The lowest BCUT2D eigenvalue weighted by molar-refractivity contribution is -0.126. The third-order valence-electron chi connectivity index (χ3n) is 4.59. The Labute approximate surface area is 156 Å². The van der Waals surface area contributed by atoms with Gasteiger partial charge in [-0.2, -0.15) is 5.26 Å². The van der Waals surface area contributed by atoms with Crippen LogP contribution in [0, 0.1) is 11.3 Å². The van der Waals surface area contributed by atoms with Crippen LogP contribution in [0.1, 0.15) is 35.0 Å². The van der Waals surface area contributed by atoms with Gasteiger partial charge in [0.15, 0.2) is 0 Å². The Morgan fingerprint density at radius 3 is 2.81 bits per heavy atom. The van der Waals surface area contributed by atoms with Crippen molar-refractivity contribution in [2.24, 2.45) is 0 Å². The first-order valence-electron chi connectivity index (χ1n) is 8.59. The first-order chi connectivity index (χ1) is 12.7. The van der Waals surface area contributed by atoms with Gasteiger partial charge in [0.1, 0.15) is 5.01 Å². The Bertz CT molecular complexity index is 981. The molecule has 0 unspecified atom stereocenters. The zero-order chi connectivity index (χ0) is 17.9. The second-order valence-corrected chi connectivity index (χ2v) is 7.34. The molecule has 26 heavy (non-hydrogen) atoms. The largest absolute Gasteiger partial charge is 0.330 e. The molecule has 4 rings (SSSR count). The zero-order valence-corrected chi connectivity index (χ0v) is 14.9. The number of carbonyl (C=O) groups is 1. The van der Waals surface area contributed by atoms with E-state index in [1.165, 1.54) is 0 Å². The lowest BCUT2D eigenvalue weighted by Gasteiger charge is -2.21. The van der Waals surface area contributed by atoms with Gasteiger partial charge in [-0.05, 0) is 48.7 Å². The summed E-state index contributed by atoms with van der Waals surface area (Å²) in [5.41, 5.74) is 2.52. The van der Waals surface area contributed by atoms with Gasteiger partial charge in [0.05, 0.1) is 27.9 Å². The van der Waals surface area contributed by atoms with Gasteiger partial charge < -0.3 is 4.90 Å². The summed E-state index contributed by atoms with van der Waals surface area (Å²) >= 11 is 1.67. The molecule has 0 aliphatic carbocycles. The van der Waals surface area contributed by atoms with Crippen LogP contribution in [0.5, 0.6) is 0 Å². The normalized spacial score (nSPS) is 17.0. The fraction of sp³-hybridized carbons (Fsp3) is 0.190. The van der Waals surface area contributed by atoms with Crippen LogP contribution < -0.4 is 0 Å². The minimum absolute atomic E-state index is 0.0103. The minimum Gasteiger partial charge on any atom is -0.330 e. The van der Waals surface area contributed by atoms with Gasteiger partial charge in [0.25, 0.3) is 0 Å². The fourth-order valence-corrected chi connectivity index (χ4v) is 4.37. The van der Waals surface area contributed by atoms with Crippen molar-refractivity contribution in [1.29, 1.82) is 5.26 Å². The molecule has 1 atom stereocenters. The molecule has 2 aromatic carbocycles. The van der Waals surface area contributed by atoms with Crippen molar-refractivity contribution in [3.8, 4) is 6.07 Å². The number of fused-ring (bicyclic) bond motifs is 1. The van der Waals surface area contributed by atoms with Gasteiger partial charge >= 0.3 is 0 Å². The molecule has 0 N–H and O–H groups in total. The van der Waals surface area contributed by atoms with Gasteiger partial charge in [0, 0.05) is 12.6 Å². The molecular weight excluding hydrogens is 342 g/mol. The fourth-order valence-electron chi connectivity index (χ4n) is 3.25. The van der Waals surface area contributed by atoms with Crippen LogP contribution in [0.25, 0.3) is 16.3 Å². The lowest BCUT2D eigenvalue weighted by Crippen LogP contribution is -2.28. The zero-order valence-electron chi connectivity index (χ0n) is 14.1. The highest BCUT2D eigenvalue weighted by molar-refractivity contribution is 7.18. The summed E-state index contributed by atoms with van der Waals surface area (Å²) in [6, 6.07) is 17.4. The quantitative estimate of drug-likeness (QED) is 0.645. The number of likely N-dealkylation sites (tertiary alicyclic amines) is 1. The molecule has 4 nitrogen and oxygen atoms in total. The van der Waals surface area contributed by atoms with Gasteiger partial charge in [-0.3, -0.25) is 4.79 Å². The smallest absolute Gasteiger partial charge is 0.247 e. The Balaban J connectivity index is 1.52. The molecule has 1 amide bonds. The second-order valence-electron chi connectivity index (χ2n) is 6.28. The summed E-state index contributed by atoms with van der Waals surface area (Å²) in [5, 5.41) is 9.86. The first-order valence-corrected chi connectivity index (χ1v) is 9.40. The maximum absolute atomic E-state index is 12.7. The summed E-state index contributed by atoms with van der Waals surface area (Å²) in [5.74, 6) is 0.0103. The maximum Gasteiger partial charge on any atom is 0.247 e. The van der Waals surface area contributed by atoms with Gasteiger partial charge in [0.2, 0.25) is 5.91 Å². The Kier molecular flexibility index (Phi) is 4.51. The Hall–Kier alpha value is -2.97. The van der Waals surface area contributed by atoms with Crippen molar-refractivity contribution in [2.75, 3.05) is 6.54 Å². The SMILES string of the molecule is N#Cc1ccc(/C=C/C(=O)N2CCC[C@@H]2c2nc3ccccc3s2)cc1. The molecule has 0 spiro atoms. The topological polar surface area (TPSA) is 57.0 Å². The van der Waals surface area contributed by atoms with Crippen LogP contribution in [-0.4, -0.2) is 22.3 Å². The third kappa shape index (κ3) is 3.24. The molecule has 128 valence electrons. The predicted molar refractivity (Wildman–Crippen MR) is 103 cm³/mol. The molecule has 2 heterocycles. The second kappa shape index (κ2) is 7.11. The monoisotopic (exact) mass is 359 g/mol. The highest BCUT2D eigenvalue weighted by Crippen LogP contribution is 2.36. The van der Waals surface area contributed by atoms with Crippen LogP contribution in [0.2, 0.25) is 0 Å². The summed E-state index contributed by atoms with van der Waals surface area (Å²) < 4.78 is 1.16. The van der Waals surface area contributed by atoms with Crippen LogP contribution in [-0.2, 0) is 4.79 Å². The first kappa shape index (κ1) is 16.5. The van der Waals surface area contributed by atoms with Crippen molar-refractivity contribution in [3.63, 3.8) is 0 Å². The van der Waals surface area contributed by atoms with E-state index >= 15 is 0 Å². The molecule has 1 saturated heterocycles. The number of amides is 1. The van der Waals surface area contributed by atoms with Crippen LogP contribution >= 0.6 is 11.3 Å². The van der Waals surface area contributed by atoms with E-state index in [4.69, 9.17) is 10.2 Å². The van der Waals surface area contributed by atoms with Crippen molar-refractivity contribution < 1.29 is 4.79 Å². The predicted octanol–water partition coefficient (Wildman–Crippen LogP) is 4.54. The summed E-state index contributed by atoms with van der Waals surface area (Å²) in [6.07, 6.45) is 5.37. The highest BCUT2D eigenvalue weighted by atomic mass is 32.1. The van der Waals surface area contributed by atoms with E-state index in [1.54, 1.807) is 35.6 Å². The van der Waals surface area contributed by atoms with E-state index in [1.807, 2.05) is 35.2 Å². The van der Waals surface area contributed by atoms with Crippen molar-refractivity contribution >= 4 is 33.5 Å². The molecule has 1 aliphatic heterocycles. The number of carbonyl (C=O) groups excluding carboxylic acids is 1. The van der Waals surface area contributed by atoms with E-state index in [0.29, 0.717) is 5.56 Å². The summed E-state index contributed by atoms with van der Waals surface area (Å²) in [6.45, 7) is 0.761. The Morgan fingerprint density at radius 2 is 2.04 bits per heavy atom. The Morgan fingerprint density at radius 1 is 1.23 bits per heavy atom. The average Bonchev–Trinajstić information content (AvgIpc) is 3.32. The number of para-hydroxylation sites is 1. The number of aromatic nitrogens is 1. The highest BCUT2D eigenvalue weighted by Gasteiger charge is 2.31. The summed E-state index contributed by atoms with van der Waals surface area (Å²) in [4.78, 5) is 19.4. The number of benzene rings is 2. The van der Waals surface area contributed by atoms with E-state index in [2.05, 4.69) is 12.1 Å². The number of hydrogen-bond donors (Lipinski definition) is 0.